The van der Waals surface area contributed by atoms with Crippen LogP contribution >= 0.6 is 0 Å². The molecule has 8 heteroatoms. The minimum Gasteiger partial charge on any atom is -0.354 e. The Morgan fingerprint density at radius 2 is 2.09 bits per heavy atom. The van der Waals surface area contributed by atoms with Gasteiger partial charge >= 0.3 is 6.03 Å². The predicted molar refractivity (Wildman–Crippen MR) is 79.9 cm³/mol. The number of piperazine rings is 1. The van der Waals surface area contributed by atoms with E-state index in [1.165, 1.54) is 0 Å². The number of nitriles is 1. The van der Waals surface area contributed by atoms with Crippen molar-refractivity contribution < 1.29 is 9.59 Å². The molecule has 0 radical (unpaired) electrons. The lowest BCUT2D eigenvalue weighted by atomic mass is 10.2. The van der Waals surface area contributed by atoms with Gasteiger partial charge in [-0.1, -0.05) is 0 Å². The smallest absolute Gasteiger partial charge is 0.318 e. The molecule has 0 bridgehead atoms. The van der Waals surface area contributed by atoms with Crippen molar-refractivity contribution in [1.29, 1.82) is 5.26 Å². The number of carbonyl (C=O) groups is 2. The Morgan fingerprint density at radius 3 is 2.73 bits per heavy atom. The molecule has 1 aliphatic heterocycles. The van der Waals surface area contributed by atoms with E-state index in [9.17, 15) is 9.59 Å². The molecular weight excluding hydrogens is 284 g/mol. The van der Waals surface area contributed by atoms with Crippen LogP contribution < -0.4 is 16.0 Å². The average molecular weight is 302 g/mol. The minimum atomic E-state index is -0.821. The third-order valence-electron chi connectivity index (χ3n) is 3.49. The topological polar surface area (TPSA) is 115 Å². The van der Waals surface area contributed by atoms with E-state index in [0.717, 1.165) is 32.0 Å². The summed E-state index contributed by atoms with van der Waals surface area (Å²) in [4.78, 5) is 30.5. The van der Waals surface area contributed by atoms with E-state index in [2.05, 4.69) is 26.2 Å². The molecule has 1 fully saturated rings. The third kappa shape index (κ3) is 4.43. The maximum Gasteiger partial charge on any atom is 0.318 e. The molecule has 0 atom stereocenters. The fourth-order valence-electron chi connectivity index (χ4n) is 2.32. The van der Waals surface area contributed by atoms with Crippen molar-refractivity contribution in [3.8, 4) is 6.07 Å². The van der Waals surface area contributed by atoms with Crippen LogP contribution in [0.2, 0.25) is 0 Å². The first-order chi connectivity index (χ1) is 10.6. The lowest BCUT2D eigenvalue weighted by Crippen LogP contribution is -2.47. The maximum atomic E-state index is 11.4. The summed E-state index contributed by atoms with van der Waals surface area (Å²) in [6, 6.07) is 4.73. The Kier molecular flexibility index (Phi) is 5.27. The molecule has 1 aliphatic rings. The Balaban J connectivity index is 1.79. The Morgan fingerprint density at radius 1 is 1.36 bits per heavy atom. The number of nitrogens with zero attached hydrogens (tertiary/aromatic N) is 4. The van der Waals surface area contributed by atoms with Crippen LogP contribution in [0, 0.1) is 11.3 Å². The van der Waals surface area contributed by atoms with Crippen molar-refractivity contribution in [3.63, 3.8) is 0 Å². The zero-order valence-electron chi connectivity index (χ0n) is 12.2. The lowest BCUT2D eigenvalue weighted by Gasteiger charge is -2.35. The van der Waals surface area contributed by atoms with Crippen LogP contribution in [0.4, 0.5) is 10.6 Å². The molecule has 116 valence electrons. The van der Waals surface area contributed by atoms with Crippen molar-refractivity contribution in [2.45, 2.75) is 6.42 Å². The molecule has 0 aromatic carbocycles. The number of pyridine rings is 1. The van der Waals surface area contributed by atoms with Crippen LogP contribution in [0.5, 0.6) is 0 Å². The van der Waals surface area contributed by atoms with E-state index < -0.39 is 6.03 Å². The molecule has 1 saturated heterocycles. The van der Waals surface area contributed by atoms with Crippen LogP contribution in [-0.4, -0.2) is 54.5 Å². The zero-order chi connectivity index (χ0) is 15.9. The SMILES string of the molecule is N#Cc1ccnc(N2CCN(CCC(=O)NC(N)=O)CC2)c1. The van der Waals surface area contributed by atoms with Gasteiger partial charge in [-0.3, -0.25) is 15.0 Å². The highest BCUT2D eigenvalue weighted by Crippen LogP contribution is 2.14. The quantitative estimate of drug-likeness (QED) is 0.786. The molecule has 3 N–H and O–H groups in total. The Hall–Kier alpha value is -2.66. The second kappa shape index (κ2) is 7.38. The summed E-state index contributed by atoms with van der Waals surface area (Å²) in [5.41, 5.74) is 5.48. The summed E-state index contributed by atoms with van der Waals surface area (Å²) in [7, 11) is 0. The van der Waals surface area contributed by atoms with Gasteiger partial charge < -0.3 is 10.6 Å². The molecule has 2 heterocycles. The van der Waals surface area contributed by atoms with E-state index in [-0.39, 0.29) is 12.3 Å². The standard InChI is InChI=1S/C14H18N6O2/c15-10-11-1-3-17-12(9-11)20-7-5-19(6-8-20)4-2-13(21)18-14(16)22/h1,3,9H,2,4-8H2,(H3,16,18,21,22). The van der Waals surface area contributed by atoms with Gasteiger partial charge in [-0.25, -0.2) is 9.78 Å². The number of primary amides is 1. The summed E-state index contributed by atoms with van der Waals surface area (Å²) < 4.78 is 0. The van der Waals surface area contributed by atoms with Gasteiger partial charge in [0.15, 0.2) is 0 Å². The van der Waals surface area contributed by atoms with Crippen LogP contribution in [0.1, 0.15) is 12.0 Å². The van der Waals surface area contributed by atoms with Gasteiger partial charge in [-0.15, -0.1) is 0 Å². The molecule has 0 unspecified atom stereocenters. The highest BCUT2D eigenvalue weighted by molar-refractivity contribution is 5.93. The molecule has 0 aliphatic carbocycles. The zero-order valence-corrected chi connectivity index (χ0v) is 12.2. The van der Waals surface area contributed by atoms with Gasteiger partial charge in [-0.05, 0) is 12.1 Å². The van der Waals surface area contributed by atoms with Crippen LogP contribution in [0.15, 0.2) is 18.3 Å². The van der Waals surface area contributed by atoms with Crippen molar-refractivity contribution >= 4 is 17.8 Å². The molecule has 0 spiro atoms. The number of urea groups is 1. The number of hydrogen-bond donors (Lipinski definition) is 2. The summed E-state index contributed by atoms with van der Waals surface area (Å²) in [6.07, 6.45) is 1.87. The minimum absolute atomic E-state index is 0.241. The number of rotatable bonds is 4. The molecular formula is C14H18N6O2. The van der Waals surface area contributed by atoms with E-state index in [1.54, 1.807) is 18.3 Å². The molecule has 2 rings (SSSR count). The van der Waals surface area contributed by atoms with Crippen LogP contribution in [0.3, 0.4) is 0 Å². The van der Waals surface area contributed by atoms with Gasteiger partial charge in [0.2, 0.25) is 5.91 Å². The van der Waals surface area contributed by atoms with E-state index in [4.69, 9.17) is 11.0 Å². The van der Waals surface area contributed by atoms with Crippen molar-refractivity contribution in [2.24, 2.45) is 5.73 Å². The number of carbonyl (C=O) groups excluding carboxylic acids is 2. The number of nitrogens with one attached hydrogen (secondary N) is 1. The van der Waals surface area contributed by atoms with E-state index in [0.29, 0.717) is 12.1 Å². The van der Waals surface area contributed by atoms with Crippen molar-refractivity contribution in [3.05, 3.63) is 23.9 Å². The van der Waals surface area contributed by atoms with E-state index in [1.807, 2.05) is 0 Å². The Bertz CT molecular complexity index is 589. The maximum absolute atomic E-state index is 11.4. The van der Waals surface area contributed by atoms with Crippen LogP contribution in [-0.2, 0) is 4.79 Å². The Labute approximate surface area is 128 Å². The second-order valence-corrected chi connectivity index (χ2v) is 5.01. The number of anilines is 1. The largest absolute Gasteiger partial charge is 0.354 e. The molecule has 22 heavy (non-hydrogen) atoms. The molecule has 8 nitrogen and oxygen atoms in total. The van der Waals surface area contributed by atoms with Crippen molar-refractivity contribution in [2.75, 3.05) is 37.6 Å². The second-order valence-electron chi connectivity index (χ2n) is 5.01. The van der Waals surface area contributed by atoms with Gasteiger partial charge in [0.25, 0.3) is 0 Å². The van der Waals surface area contributed by atoms with Crippen molar-refractivity contribution in [1.82, 2.24) is 15.2 Å². The van der Waals surface area contributed by atoms with E-state index >= 15 is 0 Å². The number of nitrogens with two attached hydrogens (primary N) is 1. The highest BCUT2D eigenvalue weighted by Gasteiger charge is 2.18. The highest BCUT2D eigenvalue weighted by atomic mass is 16.2. The summed E-state index contributed by atoms with van der Waals surface area (Å²) >= 11 is 0. The number of amides is 3. The fourth-order valence-corrected chi connectivity index (χ4v) is 2.32. The summed E-state index contributed by atoms with van der Waals surface area (Å²) in [6.45, 7) is 3.72. The number of aromatic nitrogens is 1. The summed E-state index contributed by atoms with van der Waals surface area (Å²) in [5.74, 6) is 0.434. The van der Waals surface area contributed by atoms with Gasteiger partial charge in [0.1, 0.15) is 5.82 Å². The molecule has 3 amide bonds. The predicted octanol–water partition coefficient (Wildman–Crippen LogP) is -0.340. The van der Waals surface area contributed by atoms with Gasteiger partial charge in [0, 0.05) is 45.3 Å². The van der Waals surface area contributed by atoms with Gasteiger partial charge in [-0.2, -0.15) is 5.26 Å². The average Bonchev–Trinajstić information content (AvgIpc) is 2.53. The fraction of sp³-hybridized carbons (Fsp3) is 0.429. The monoisotopic (exact) mass is 302 g/mol. The molecule has 1 aromatic heterocycles. The first kappa shape index (κ1) is 15.7. The number of hydrogen-bond acceptors (Lipinski definition) is 6. The van der Waals surface area contributed by atoms with Gasteiger partial charge in [0.05, 0.1) is 11.6 Å². The normalized spacial score (nSPS) is 15.1. The molecule has 0 saturated carbocycles. The summed E-state index contributed by atoms with van der Waals surface area (Å²) in [5, 5.41) is 11.0. The first-order valence-corrected chi connectivity index (χ1v) is 7.01. The first-order valence-electron chi connectivity index (χ1n) is 7.01. The lowest BCUT2D eigenvalue weighted by molar-refractivity contribution is -0.120. The van der Waals surface area contributed by atoms with Crippen LogP contribution in [0.25, 0.3) is 0 Å². The third-order valence-corrected chi connectivity index (χ3v) is 3.49. The number of imide groups is 1. The molecule has 1 aromatic rings.